The van der Waals surface area contributed by atoms with Crippen LogP contribution in [0.25, 0.3) is 0 Å². The van der Waals surface area contributed by atoms with Gasteiger partial charge in [0.2, 0.25) is 0 Å². The summed E-state index contributed by atoms with van der Waals surface area (Å²) in [5, 5.41) is 0. The van der Waals surface area contributed by atoms with Gasteiger partial charge >= 0.3 is 29.8 Å². The third-order valence-corrected chi connectivity index (χ3v) is 19.8. The summed E-state index contributed by atoms with van der Waals surface area (Å²) in [5.74, 6) is -2.31. The van der Waals surface area contributed by atoms with Crippen LogP contribution in [0.2, 0.25) is 0 Å². The van der Waals surface area contributed by atoms with E-state index in [9.17, 15) is 24.0 Å². The van der Waals surface area contributed by atoms with Crippen LogP contribution in [0.1, 0.15) is 484 Å². The van der Waals surface area contributed by atoms with Gasteiger partial charge < -0.3 is 23.7 Å². The molecule has 0 amide bonds. The van der Waals surface area contributed by atoms with E-state index in [0.29, 0.717) is 32.1 Å². The van der Waals surface area contributed by atoms with Gasteiger partial charge in [0.1, 0.15) is 13.2 Å². The number of hydrogen-bond acceptors (Lipinski definition) is 10. The molecule has 0 rings (SSSR count). The van der Waals surface area contributed by atoms with Gasteiger partial charge in [-0.25, -0.2) is 0 Å². The predicted molar refractivity (Wildman–Crippen MR) is 403 cm³/mol. The molecule has 0 radical (unpaired) electrons. The summed E-state index contributed by atoms with van der Waals surface area (Å²) in [5.41, 5.74) is 0. The molecule has 0 aliphatic carbocycles. The van der Waals surface area contributed by atoms with Crippen LogP contribution < -0.4 is 0 Å². The molecule has 0 aliphatic heterocycles. The molecular formula is C85H162O10. The zero-order valence-electron chi connectivity index (χ0n) is 64.2. The van der Waals surface area contributed by atoms with Gasteiger partial charge in [-0.2, -0.15) is 0 Å². The van der Waals surface area contributed by atoms with Gasteiger partial charge in [-0.3, -0.25) is 24.0 Å². The zero-order chi connectivity index (χ0) is 69.1. The lowest BCUT2D eigenvalue weighted by atomic mass is 10.0. The Morgan fingerprint density at radius 1 is 0.179 bits per heavy atom. The Kier molecular flexibility index (Phi) is 74.9. The van der Waals surface area contributed by atoms with Crippen molar-refractivity contribution >= 4 is 29.8 Å². The number of esters is 5. The standard InChI is InChI=1S/C85H162O10/c1-6-11-16-21-26-31-36-41-46-51-56-61-66-71-80(86)91-76-78(93-82(88)73-68-63-58-53-48-43-38-33-28-23-18-13-8-3)85(95-84(90)75-70-65-60-55-50-45-40-35-30-25-20-15-10-5)79(94-83(89)74-69-64-59-54-49-44-39-34-29-24-19-14-9-4)77-92-81(87)72-67-62-57-52-47-42-37-32-27-22-17-12-7-2/h78-79,85H,6-77H2,1-5H3/t78-,79-/m1/s1. The van der Waals surface area contributed by atoms with Gasteiger partial charge in [-0.15, -0.1) is 0 Å². The first-order valence-electron chi connectivity index (χ1n) is 42.6. The van der Waals surface area contributed by atoms with Crippen LogP contribution in [0.4, 0.5) is 0 Å². The average molecular weight is 1340 g/mol. The number of carbonyl (C=O) groups is 5. The van der Waals surface area contributed by atoms with Crippen LogP contribution in [0, 0.1) is 0 Å². The predicted octanol–water partition coefficient (Wildman–Crippen LogP) is 27.2. The molecular weight excluding hydrogens is 1180 g/mol. The highest BCUT2D eigenvalue weighted by molar-refractivity contribution is 5.72. The lowest BCUT2D eigenvalue weighted by Gasteiger charge is -2.32. The van der Waals surface area contributed by atoms with Crippen LogP contribution in [0.5, 0.6) is 0 Å². The van der Waals surface area contributed by atoms with E-state index in [1.807, 2.05) is 0 Å². The van der Waals surface area contributed by atoms with E-state index in [1.165, 1.54) is 289 Å². The highest BCUT2D eigenvalue weighted by Crippen LogP contribution is 2.24. The van der Waals surface area contributed by atoms with E-state index < -0.39 is 48.2 Å². The Hall–Kier alpha value is -2.65. The lowest BCUT2D eigenvalue weighted by Crippen LogP contribution is -2.50. The Balaban J connectivity index is 6.41. The van der Waals surface area contributed by atoms with Crippen LogP contribution in [0.15, 0.2) is 0 Å². The molecule has 2 atom stereocenters. The van der Waals surface area contributed by atoms with E-state index in [-0.39, 0.29) is 45.3 Å². The molecule has 95 heavy (non-hydrogen) atoms. The fraction of sp³-hybridized carbons (Fsp3) is 0.941. The van der Waals surface area contributed by atoms with Gasteiger partial charge in [-0.1, -0.05) is 420 Å². The molecule has 0 aromatic heterocycles. The molecule has 0 spiro atoms. The second-order valence-electron chi connectivity index (χ2n) is 29.3. The van der Waals surface area contributed by atoms with Gasteiger partial charge in [0.05, 0.1) is 0 Å². The minimum absolute atomic E-state index is 0.130. The van der Waals surface area contributed by atoms with Crippen molar-refractivity contribution in [2.75, 3.05) is 13.2 Å². The first-order valence-corrected chi connectivity index (χ1v) is 42.6. The summed E-state index contributed by atoms with van der Waals surface area (Å²) < 4.78 is 30.9. The second kappa shape index (κ2) is 77.1. The maximum absolute atomic E-state index is 14.2. The molecule has 562 valence electrons. The topological polar surface area (TPSA) is 132 Å². The van der Waals surface area contributed by atoms with E-state index in [4.69, 9.17) is 23.7 Å². The number of hydrogen-bond donors (Lipinski definition) is 0. The summed E-state index contributed by atoms with van der Waals surface area (Å²) >= 11 is 0. The smallest absolute Gasteiger partial charge is 0.306 e. The minimum atomic E-state index is -1.37. The van der Waals surface area contributed by atoms with E-state index in [1.54, 1.807) is 0 Å². The van der Waals surface area contributed by atoms with Crippen molar-refractivity contribution < 1.29 is 47.7 Å². The summed E-state index contributed by atoms with van der Waals surface area (Å²) in [6.45, 7) is 10.6. The molecule has 0 aromatic carbocycles. The summed E-state index contributed by atoms with van der Waals surface area (Å²) in [6, 6.07) is 0. The summed E-state index contributed by atoms with van der Waals surface area (Å²) in [6.07, 6.45) is 74.0. The Morgan fingerprint density at radius 2 is 0.316 bits per heavy atom. The Morgan fingerprint density at radius 3 is 0.484 bits per heavy atom. The normalized spacial score (nSPS) is 12.1. The molecule has 0 heterocycles. The number of rotatable bonds is 79. The highest BCUT2D eigenvalue weighted by atomic mass is 16.6. The van der Waals surface area contributed by atoms with Crippen LogP contribution >= 0.6 is 0 Å². The molecule has 0 aliphatic rings. The molecule has 0 unspecified atom stereocenters. The first kappa shape index (κ1) is 92.4. The van der Waals surface area contributed by atoms with Crippen molar-refractivity contribution in [1.29, 1.82) is 0 Å². The zero-order valence-corrected chi connectivity index (χ0v) is 64.2. The Labute approximate surface area is 590 Å². The van der Waals surface area contributed by atoms with E-state index in [2.05, 4.69) is 34.6 Å². The number of carbonyl (C=O) groups excluding carboxylic acids is 5. The molecule has 0 saturated heterocycles. The molecule has 0 N–H and O–H groups in total. The average Bonchev–Trinajstić information content (AvgIpc) is 0.892. The number of ether oxygens (including phenoxy) is 5. The summed E-state index contributed by atoms with van der Waals surface area (Å²) in [4.78, 5) is 69.6. The molecule has 10 heteroatoms. The largest absolute Gasteiger partial charge is 0.462 e. The first-order chi connectivity index (χ1) is 46.7. The number of unbranched alkanes of at least 4 members (excludes halogenated alkanes) is 60. The quantitative estimate of drug-likeness (QED) is 0.0329. The fourth-order valence-electron chi connectivity index (χ4n) is 13.4. The second-order valence-corrected chi connectivity index (χ2v) is 29.3. The van der Waals surface area contributed by atoms with Gasteiger partial charge in [0.25, 0.3) is 0 Å². The van der Waals surface area contributed by atoms with Crippen molar-refractivity contribution in [1.82, 2.24) is 0 Å². The molecule has 0 aromatic rings. The third kappa shape index (κ3) is 69.6. The molecule has 0 saturated carbocycles. The monoisotopic (exact) mass is 1340 g/mol. The fourth-order valence-corrected chi connectivity index (χ4v) is 13.4. The van der Waals surface area contributed by atoms with E-state index in [0.717, 1.165) is 96.3 Å². The van der Waals surface area contributed by atoms with Gasteiger partial charge in [0.15, 0.2) is 18.3 Å². The van der Waals surface area contributed by atoms with Crippen molar-refractivity contribution in [3.05, 3.63) is 0 Å². The molecule has 0 bridgehead atoms. The van der Waals surface area contributed by atoms with Gasteiger partial charge in [-0.05, 0) is 32.1 Å². The third-order valence-electron chi connectivity index (χ3n) is 19.8. The van der Waals surface area contributed by atoms with Crippen LogP contribution in [0.3, 0.4) is 0 Å². The molecule has 0 fully saturated rings. The highest BCUT2D eigenvalue weighted by Gasteiger charge is 2.40. The lowest BCUT2D eigenvalue weighted by molar-refractivity contribution is -0.197. The van der Waals surface area contributed by atoms with Gasteiger partial charge in [0, 0.05) is 32.1 Å². The summed E-state index contributed by atoms with van der Waals surface area (Å²) in [7, 11) is 0. The SMILES string of the molecule is CCCCCCCCCCCCCCCC(=O)OC[C@@H](OC(=O)CCCCCCCCCCCCCCC)C(OC(=O)CCCCCCCCCCCCCCC)[C@@H](COC(=O)CCCCCCCCCCCCCCC)OC(=O)CCCCCCCCCCCCCCC. The van der Waals surface area contributed by atoms with Crippen molar-refractivity contribution in [2.45, 2.75) is 502 Å². The maximum atomic E-state index is 14.2. The van der Waals surface area contributed by atoms with Crippen LogP contribution in [-0.4, -0.2) is 61.4 Å². The minimum Gasteiger partial charge on any atom is -0.462 e. The maximum Gasteiger partial charge on any atom is 0.306 e. The van der Waals surface area contributed by atoms with Crippen LogP contribution in [-0.2, 0) is 47.7 Å². The van der Waals surface area contributed by atoms with E-state index >= 15 is 0 Å². The van der Waals surface area contributed by atoms with Crippen molar-refractivity contribution in [3.63, 3.8) is 0 Å². The molecule has 10 nitrogen and oxygen atoms in total. The van der Waals surface area contributed by atoms with Crippen molar-refractivity contribution in [3.8, 4) is 0 Å². The van der Waals surface area contributed by atoms with Crippen molar-refractivity contribution in [2.24, 2.45) is 0 Å². The Bertz CT molecular complexity index is 1520.